The highest BCUT2D eigenvalue weighted by Crippen LogP contribution is 2.27. The lowest BCUT2D eigenvalue weighted by molar-refractivity contribution is -0.128. The minimum absolute atomic E-state index is 0.131. The summed E-state index contributed by atoms with van der Waals surface area (Å²) in [5, 5.41) is 2.66. The van der Waals surface area contributed by atoms with Crippen LogP contribution in [-0.2, 0) is 4.79 Å². The molecule has 0 radical (unpaired) electrons. The molecule has 3 rings (SSSR count). The summed E-state index contributed by atoms with van der Waals surface area (Å²) in [6.07, 6.45) is 1.38. The van der Waals surface area contributed by atoms with Gasteiger partial charge in [0.1, 0.15) is 11.9 Å². The molecule has 1 N–H and O–H groups in total. The summed E-state index contributed by atoms with van der Waals surface area (Å²) >= 11 is 0. The molecule has 0 spiro atoms. The molecule has 2 aromatic rings. The maximum atomic E-state index is 14.0. The molecule has 2 heterocycles. The normalized spacial score (nSPS) is 18.4. The topological polar surface area (TPSA) is 62.6 Å². The predicted molar refractivity (Wildman–Crippen MR) is 71.9 cm³/mol. The second kappa shape index (κ2) is 5.40. The standard InChI is InChI=1S/C15H13FN2O3/c16-11-5-2-1-4-10(11)13-14(19)17-7-8-18(13)15(20)12-6-3-9-21-12/h1-6,9,13H,7-8H2,(H,17,19). The second-order valence-electron chi connectivity index (χ2n) is 4.69. The van der Waals surface area contributed by atoms with Crippen molar-refractivity contribution in [2.75, 3.05) is 13.1 Å². The Hall–Kier alpha value is -2.63. The molecule has 0 bridgehead atoms. The van der Waals surface area contributed by atoms with Crippen molar-refractivity contribution in [3.05, 3.63) is 59.8 Å². The zero-order valence-electron chi connectivity index (χ0n) is 11.1. The van der Waals surface area contributed by atoms with Crippen LogP contribution in [0.4, 0.5) is 4.39 Å². The van der Waals surface area contributed by atoms with E-state index in [-0.39, 0.29) is 11.3 Å². The Morgan fingerprint density at radius 2 is 2.10 bits per heavy atom. The minimum Gasteiger partial charge on any atom is -0.459 e. The largest absolute Gasteiger partial charge is 0.459 e. The van der Waals surface area contributed by atoms with Crippen LogP contribution in [0.3, 0.4) is 0 Å². The first-order chi connectivity index (χ1) is 10.2. The third-order valence-corrected chi connectivity index (χ3v) is 3.40. The van der Waals surface area contributed by atoms with Crippen molar-refractivity contribution < 1.29 is 18.4 Å². The van der Waals surface area contributed by atoms with E-state index in [9.17, 15) is 14.0 Å². The van der Waals surface area contributed by atoms with E-state index in [1.807, 2.05) is 0 Å². The van der Waals surface area contributed by atoms with Gasteiger partial charge in [0.05, 0.1) is 6.26 Å². The molecule has 1 aromatic heterocycles. The van der Waals surface area contributed by atoms with E-state index < -0.39 is 23.7 Å². The Morgan fingerprint density at radius 1 is 1.29 bits per heavy atom. The Labute approximate surface area is 120 Å². The Bertz CT molecular complexity index is 669. The number of carbonyl (C=O) groups excluding carboxylic acids is 2. The van der Waals surface area contributed by atoms with Crippen molar-refractivity contribution in [1.29, 1.82) is 0 Å². The van der Waals surface area contributed by atoms with E-state index in [0.717, 1.165) is 0 Å². The average Bonchev–Trinajstić information content (AvgIpc) is 3.01. The van der Waals surface area contributed by atoms with Crippen molar-refractivity contribution >= 4 is 11.8 Å². The molecule has 1 saturated heterocycles. The molecule has 1 aliphatic heterocycles. The van der Waals surface area contributed by atoms with Crippen LogP contribution in [0.5, 0.6) is 0 Å². The molecule has 0 saturated carbocycles. The number of halogens is 1. The molecule has 1 aromatic carbocycles. The van der Waals surface area contributed by atoms with Crippen molar-refractivity contribution in [2.24, 2.45) is 0 Å². The minimum atomic E-state index is -0.988. The summed E-state index contributed by atoms with van der Waals surface area (Å²) in [7, 11) is 0. The molecule has 2 amide bonds. The zero-order chi connectivity index (χ0) is 14.8. The number of carbonyl (C=O) groups is 2. The van der Waals surface area contributed by atoms with Gasteiger partial charge in [-0.3, -0.25) is 9.59 Å². The van der Waals surface area contributed by atoms with Crippen LogP contribution in [0.2, 0.25) is 0 Å². The summed E-state index contributed by atoms with van der Waals surface area (Å²) < 4.78 is 19.1. The van der Waals surface area contributed by atoms with Crippen molar-refractivity contribution in [3.8, 4) is 0 Å². The first-order valence-electron chi connectivity index (χ1n) is 6.55. The molecule has 1 unspecified atom stereocenters. The van der Waals surface area contributed by atoms with Crippen LogP contribution >= 0.6 is 0 Å². The van der Waals surface area contributed by atoms with Crippen LogP contribution in [0.25, 0.3) is 0 Å². The number of amides is 2. The molecule has 1 atom stereocenters. The molecule has 21 heavy (non-hydrogen) atoms. The quantitative estimate of drug-likeness (QED) is 0.915. The van der Waals surface area contributed by atoms with Crippen LogP contribution in [0.1, 0.15) is 22.2 Å². The fourth-order valence-electron chi connectivity index (χ4n) is 2.43. The van der Waals surface area contributed by atoms with Gasteiger partial charge in [0, 0.05) is 18.7 Å². The molecular formula is C15H13FN2O3. The van der Waals surface area contributed by atoms with E-state index >= 15 is 0 Å². The molecule has 5 nitrogen and oxygen atoms in total. The number of benzene rings is 1. The molecule has 6 heteroatoms. The molecule has 1 aliphatic rings. The van der Waals surface area contributed by atoms with Crippen molar-refractivity contribution in [1.82, 2.24) is 10.2 Å². The Kier molecular flexibility index (Phi) is 3.43. The van der Waals surface area contributed by atoms with Crippen LogP contribution in [-0.4, -0.2) is 29.8 Å². The van der Waals surface area contributed by atoms with Gasteiger partial charge in [-0.15, -0.1) is 0 Å². The number of piperazine rings is 1. The molecule has 0 aliphatic carbocycles. The lowest BCUT2D eigenvalue weighted by Gasteiger charge is -2.34. The maximum absolute atomic E-state index is 14.0. The Morgan fingerprint density at radius 3 is 2.81 bits per heavy atom. The number of nitrogens with one attached hydrogen (secondary N) is 1. The third-order valence-electron chi connectivity index (χ3n) is 3.40. The number of hydrogen-bond donors (Lipinski definition) is 1. The van der Waals surface area contributed by atoms with Gasteiger partial charge in [-0.25, -0.2) is 4.39 Å². The van der Waals surface area contributed by atoms with E-state index in [0.29, 0.717) is 13.1 Å². The zero-order valence-corrected chi connectivity index (χ0v) is 11.1. The van der Waals surface area contributed by atoms with Gasteiger partial charge >= 0.3 is 0 Å². The van der Waals surface area contributed by atoms with Crippen LogP contribution < -0.4 is 5.32 Å². The monoisotopic (exact) mass is 288 g/mol. The number of rotatable bonds is 2. The highest BCUT2D eigenvalue weighted by atomic mass is 19.1. The SMILES string of the molecule is O=C1NCCN(C(=O)c2ccco2)C1c1ccccc1F. The van der Waals surface area contributed by atoms with E-state index in [4.69, 9.17) is 4.42 Å². The number of hydrogen-bond acceptors (Lipinski definition) is 3. The smallest absolute Gasteiger partial charge is 0.290 e. The van der Waals surface area contributed by atoms with Gasteiger partial charge in [0.25, 0.3) is 5.91 Å². The van der Waals surface area contributed by atoms with Crippen molar-refractivity contribution in [3.63, 3.8) is 0 Å². The fourth-order valence-corrected chi connectivity index (χ4v) is 2.43. The van der Waals surface area contributed by atoms with Crippen molar-refractivity contribution in [2.45, 2.75) is 6.04 Å². The fraction of sp³-hybridized carbons (Fsp3) is 0.200. The maximum Gasteiger partial charge on any atom is 0.290 e. The summed E-state index contributed by atoms with van der Waals surface area (Å²) in [4.78, 5) is 25.9. The second-order valence-corrected chi connectivity index (χ2v) is 4.69. The van der Waals surface area contributed by atoms with Gasteiger partial charge in [0.2, 0.25) is 5.91 Å². The first-order valence-corrected chi connectivity index (χ1v) is 6.55. The van der Waals surface area contributed by atoms with E-state index in [2.05, 4.69) is 5.32 Å². The summed E-state index contributed by atoms with van der Waals surface area (Å²) in [6, 6.07) is 8.08. The summed E-state index contributed by atoms with van der Waals surface area (Å²) in [5.41, 5.74) is 0.176. The van der Waals surface area contributed by atoms with E-state index in [1.165, 1.54) is 35.4 Å². The highest BCUT2D eigenvalue weighted by molar-refractivity contribution is 5.96. The van der Waals surface area contributed by atoms with Gasteiger partial charge in [-0.2, -0.15) is 0 Å². The first kappa shape index (κ1) is 13.4. The lowest BCUT2D eigenvalue weighted by atomic mass is 10.0. The van der Waals surface area contributed by atoms with Gasteiger partial charge in [-0.1, -0.05) is 18.2 Å². The summed E-state index contributed by atoms with van der Waals surface area (Å²) in [5.74, 6) is -1.21. The van der Waals surface area contributed by atoms with E-state index in [1.54, 1.807) is 12.1 Å². The van der Waals surface area contributed by atoms with Crippen LogP contribution in [0, 0.1) is 5.82 Å². The Balaban J connectivity index is 1.99. The predicted octanol–water partition coefficient (Wildman–Crippen LogP) is 1.73. The third kappa shape index (κ3) is 2.40. The highest BCUT2D eigenvalue weighted by Gasteiger charge is 2.37. The van der Waals surface area contributed by atoms with Gasteiger partial charge in [0.15, 0.2) is 5.76 Å². The lowest BCUT2D eigenvalue weighted by Crippen LogP contribution is -2.52. The van der Waals surface area contributed by atoms with Gasteiger partial charge in [-0.05, 0) is 18.2 Å². The molecular weight excluding hydrogens is 275 g/mol. The van der Waals surface area contributed by atoms with Gasteiger partial charge < -0.3 is 14.6 Å². The summed E-state index contributed by atoms with van der Waals surface area (Å²) in [6.45, 7) is 0.626. The van der Waals surface area contributed by atoms with Crippen LogP contribution in [0.15, 0.2) is 47.1 Å². The number of furan rings is 1. The number of nitrogens with zero attached hydrogens (tertiary/aromatic N) is 1. The molecule has 108 valence electrons. The molecule has 1 fully saturated rings. The average molecular weight is 288 g/mol.